The van der Waals surface area contributed by atoms with Crippen molar-refractivity contribution in [3.8, 4) is 11.1 Å². The summed E-state index contributed by atoms with van der Waals surface area (Å²) in [6.07, 6.45) is 2.85. The Morgan fingerprint density at radius 2 is 2.00 bits per heavy atom. The van der Waals surface area contributed by atoms with E-state index < -0.39 is 17.4 Å². The number of ether oxygens (including phenoxy) is 1. The SMILES string of the molecule is CCOC(=O)c1c[nH]c(SCC(=O)N2CCN(c3ccc(-c4cn(CNC(C)=O)oc4=O)cc3F)CC2)n1. The van der Waals surface area contributed by atoms with Crippen LogP contribution >= 0.6 is 11.8 Å². The molecule has 3 heterocycles. The summed E-state index contributed by atoms with van der Waals surface area (Å²) in [6.45, 7) is 5.01. The number of piperazine rings is 1. The number of esters is 1. The lowest BCUT2D eigenvalue weighted by atomic mass is 10.1. The molecular weight excluding hydrogens is 519 g/mol. The number of amides is 2. The van der Waals surface area contributed by atoms with Gasteiger partial charge in [-0.2, -0.15) is 4.74 Å². The molecule has 14 heteroatoms. The fourth-order valence-corrected chi connectivity index (χ4v) is 4.62. The van der Waals surface area contributed by atoms with Gasteiger partial charge in [-0.1, -0.05) is 17.8 Å². The number of hydrogen-bond acceptors (Lipinski definition) is 9. The Morgan fingerprint density at radius 3 is 2.68 bits per heavy atom. The topological polar surface area (TPSA) is 143 Å². The van der Waals surface area contributed by atoms with Gasteiger partial charge in [-0.05, 0) is 24.6 Å². The molecule has 2 amide bonds. The lowest BCUT2D eigenvalue weighted by Crippen LogP contribution is -2.49. The number of imidazole rings is 1. The van der Waals surface area contributed by atoms with Crippen molar-refractivity contribution in [1.29, 1.82) is 0 Å². The molecule has 0 bridgehead atoms. The van der Waals surface area contributed by atoms with Gasteiger partial charge in [-0.25, -0.2) is 19.0 Å². The third-order valence-electron chi connectivity index (χ3n) is 5.78. The van der Waals surface area contributed by atoms with Crippen molar-refractivity contribution in [3.05, 3.63) is 52.5 Å². The van der Waals surface area contributed by atoms with Crippen LogP contribution in [0.25, 0.3) is 11.1 Å². The number of thioether (sulfide) groups is 1. The molecule has 0 aliphatic carbocycles. The summed E-state index contributed by atoms with van der Waals surface area (Å²) >= 11 is 1.19. The van der Waals surface area contributed by atoms with Crippen LogP contribution in [0.2, 0.25) is 0 Å². The van der Waals surface area contributed by atoms with Crippen LogP contribution in [0.1, 0.15) is 24.3 Å². The number of aromatic nitrogens is 3. The number of nitrogens with one attached hydrogen (secondary N) is 2. The molecule has 12 nitrogen and oxygen atoms in total. The van der Waals surface area contributed by atoms with Gasteiger partial charge >= 0.3 is 11.6 Å². The average molecular weight is 547 g/mol. The number of anilines is 1. The second-order valence-electron chi connectivity index (χ2n) is 8.36. The van der Waals surface area contributed by atoms with Crippen molar-refractivity contribution >= 4 is 35.2 Å². The monoisotopic (exact) mass is 546 g/mol. The van der Waals surface area contributed by atoms with Crippen molar-refractivity contribution in [3.63, 3.8) is 0 Å². The van der Waals surface area contributed by atoms with Gasteiger partial charge in [0.2, 0.25) is 11.8 Å². The molecule has 0 atom stereocenters. The van der Waals surface area contributed by atoms with E-state index >= 15 is 4.39 Å². The Kier molecular flexibility index (Phi) is 8.51. The average Bonchev–Trinajstić information content (AvgIpc) is 3.53. The minimum absolute atomic E-state index is 0.0111. The van der Waals surface area contributed by atoms with Crippen molar-refractivity contribution in [2.24, 2.45) is 0 Å². The highest BCUT2D eigenvalue weighted by molar-refractivity contribution is 7.99. The summed E-state index contributed by atoms with van der Waals surface area (Å²) in [5.41, 5.74) is 0.432. The zero-order chi connectivity index (χ0) is 27.2. The maximum atomic E-state index is 15.0. The van der Waals surface area contributed by atoms with Crippen LogP contribution in [-0.4, -0.2) is 75.9 Å². The lowest BCUT2D eigenvalue weighted by molar-refractivity contribution is -0.128. The Morgan fingerprint density at radius 1 is 1.24 bits per heavy atom. The summed E-state index contributed by atoms with van der Waals surface area (Å²) in [6, 6.07) is 4.50. The second kappa shape index (κ2) is 12.0. The van der Waals surface area contributed by atoms with E-state index in [2.05, 4.69) is 15.3 Å². The molecule has 0 radical (unpaired) electrons. The first-order valence-electron chi connectivity index (χ1n) is 11.9. The summed E-state index contributed by atoms with van der Waals surface area (Å²) in [5.74, 6) is -1.25. The lowest BCUT2D eigenvalue weighted by Gasteiger charge is -2.36. The van der Waals surface area contributed by atoms with E-state index in [-0.39, 0.29) is 42.1 Å². The molecule has 1 aromatic carbocycles. The minimum Gasteiger partial charge on any atom is -0.461 e. The zero-order valence-electron chi connectivity index (χ0n) is 20.9. The Balaban J connectivity index is 1.31. The molecule has 2 aromatic heterocycles. The molecule has 0 spiro atoms. The maximum absolute atomic E-state index is 15.0. The molecule has 1 aliphatic heterocycles. The van der Waals surface area contributed by atoms with Gasteiger partial charge in [0.25, 0.3) is 0 Å². The van der Waals surface area contributed by atoms with Crippen LogP contribution in [0.5, 0.6) is 0 Å². The van der Waals surface area contributed by atoms with E-state index in [1.54, 1.807) is 24.0 Å². The number of halogens is 1. The van der Waals surface area contributed by atoms with Gasteiger partial charge in [0.15, 0.2) is 10.9 Å². The molecule has 4 rings (SSSR count). The van der Waals surface area contributed by atoms with E-state index in [9.17, 15) is 19.2 Å². The zero-order valence-corrected chi connectivity index (χ0v) is 21.7. The molecule has 1 aliphatic rings. The Labute approximate surface area is 221 Å². The van der Waals surface area contributed by atoms with E-state index in [1.807, 2.05) is 4.90 Å². The Bertz CT molecular complexity index is 1380. The summed E-state index contributed by atoms with van der Waals surface area (Å²) in [4.78, 5) is 58.2. The highest BCUT2D eigenvalue weighted by Gasteiger charge is 2.24. The first-order valence-corrected chi connectivity index (χ1v) is 12.9. The largest absolute Gasteiger partial charge is 0.461 e. The highest BCUT2D eigenvalue weighted by atomic mass is 32.2. The molecular formula is C24H27FN6O6S. The molecule has 1 saturated heterocycles. The fourth-order valence-electron chi connectivity index (χ4n) is 3.87. The number of aromatic amines is 1. The third kappa shape index (κ3) is 6.43. The quantitative estimate of drug-likeness (QED) is 0.303. The fraction of sp³-hybridized carbons (Fsp3) is 0.375. The van der Waals surface area contributed by atoms with Crippen LogP contribution in [0.15, 0.2) is 45.1 Å². The number of nitrogens with zero attached hydrogens (tertiary/aromatic N) is 4. The highest BCUT2D eigenvalue weighted by Crippen LogP contribution is 2.26. The first kappa shape index (κ1) is 27.0. The van der Waals surface area contributed by atoms with Crippen molar-refractivity contribution in [2.45, 2.75) is 25.7 Å². The van der Waals surface area contributed by atoms with E-state index in [0.29, 0.717) is 42.6 Å². The second-order valence-corrected chi connectivity index (χ2v) is 9.33. The smallest absolute Gasteiger partial charge is 0.365 e. The van der Waals surface area contributed by atoms with E-state index in [4.69, 9.17) is 9.26 Å². The summed E-state index contributed by atoms with van der Waals surface area (Å²) in [7, 11) is 0. The van der Waals surface area contributed by atoms with E-state index in [0.717, 1.165) is 0 Å². The van der Waals surface area contributed by atoms with Gasteiger partial charge in [-0.15, -0.1) is 0 Å². The standard InChI is InChI=1S/C24H27FN6O6S/c1-3-36-23(35)19-11-26-24(28-19)38-13-21(33)30-8-6-29(7-9-30)20-5-4-16(10-18(20)25)17-12-31(37-22(17)34)14-27-15(2)32/h4-5,10-12H,3,6-9,13-14H2,1-2H3,(H,26,28)(H,27,32). The Hall–Kier alpha value is -4.07. The van der Waals surface area contributed by atoms with Crippen LogP contribution in [-0.2, 0) is 21.0 Å². The summed E-state index contributed by atoms with van der Waals surface area (Å²) < 4.78 is 26.1. The number of H-pyrrole nitrogens is 1. The number of benzene rings is 1. The number of carbonyl (C=O) groups is 3. The van der Waals surface area contributed by atoms with Crippen LogP contribution in [0, 0.1) is 5.82 Å². The van der Waals surface area contributed by atoms with Gasteiger partial charge in [0.05, 0.1) is 29.8 Å². The molecule has 202 valence electrons. The van der Waals surface area contributed by atoms with Crippen molar-refractivity contribution in [2.75, 3.05) is 43.4 Å². The molecule has 38 heavy (non-hydrogen) atoms. The molecule has 0 saturated carbocycles. The molecule has 3 aromatic rings. The predicted molar refractivity (Wildman–Crippen MR) is 136 cm³/mol. The van der Waals surface area contributed by atoms with Gasteiger partial charge in [0, 0.05) is 39.3 Å². The third-order valence-corrected chi connectivity index (χ3v) is 6.65. The first-order chi connectivity index (χ1) is 18.2. The predicted octanol–water partition coefficient (Wildman–Crippen LogP) is 1.68. The number of hydrogen-bond donors (Lipinski definition) is 2. The molecule has 0 unspecified atom stereocenters. The van der Waals surface area contributed by atoms with Crippen LogP contribution in [0.4, 0.5) is 10.1 Å². The molecule has 2 N–H and O–H groups in total. The molecule has 1 fully saturated rings. The van der Waals surface area contributed by atoms with Crippen molar-refractivity contribution in [1.82, 2.24) is 24.9 Å². The van der Waals surface area contributed by atoms with Crippen molar-refractivity contribution < 1.29 is 28.0 Å². The summed E-state index contributed by atoms with van der Waals surface area (Å²) in [5, 5.41) is 2.96. The minimum atomic E-state index is -0.640. The van der Waals surface area contributed by atoms with Gasteiger partial charge in [0.1, 0.15) is 12.5 Å². The number of carbonyl (C=O) groups excluding carboxylic acids is 3. The van der Waals surface area contributed by atoms with Crippen LogP contribution < -0.4 is 15.8 Å². The maximum Gasteiger partial charge on any atom is 0.365 e. The number of rotatable bonds is 9. The van der Waals surface area contributed by atoms with Crippen LogP contribution in [0.3, 0.4) is 0 Å². The van der Waals surface area contributed by atoms with Gasteiger partial charge in [-0.3, -0.25) is 9.59 Å². The van der Waals surface area contributed by atoms with E-state index in [1.165, 1.54) is 41.9 Å². The van der Waals surface area contributed by atoms with Gasteiger partial charge < -0.3 is 29.4 Å². The normalized spacial score (nSPS) is 13.4.